The maximum Gasteiger partial charge on any atom is 0.259 e. The smallest absolute Gasteiger partial charge is 0.259 e. The van der Waals surface area contributed by atoms with Crippen LogP contribution in [0.25, 0.3) is 0 Å². The number of hydrogen-bond donors (Lipinski definition) is 1. The van der Waals surface area contributed by atoms with Crippen molar-refractivity contribution in [1.29, 1.82) is 10.5 Å². The fourth-order valence-electron chi connectivity index (χ4n) is 1.83. The second kappa shape index (κ2) is 5.73. The summed E-state index contributed by atoms with van der Waals surface area (Å²) in [6, 6.07) is 10.0. The van der Waals surface area contributed by atoms with Gasteiger partial charge in [0.15, 0.2) is 0 Å². The van der Waals surface area contributed by atoms with Crippen LogP contribution in [-0.2, 0) is 6.42 Å². The number of anilines is 1. The molecular formula is C15H11N3O2. The lowest BCUT2D eigenvalue weighted by molar-refractivity contribution is 0.102. The fourth-order valence-corrected chi connectivity index (χ4v) is 1.83. The Hall–Kier alpha value is -3.05. The molecule has 0 aliphatic rings. The van der Waals surface area contributed by atoms with Crippen molar-refractivity contribution in [2.24, 2.45) is 0 Å². The number of rotatable bonds is 3. The van der Waals surface area contributed by atoms with Crippen LogP contribution in [0.2, 0.25) is 0 Å². The molecule has 1 aromatic carbocycles. The molecule has 0 spiro atoms. The van der Waals surface area contributed by atoms with E-state index in [9.17, 15) is 4.79 Å². The molecule has 1 N–H and O–H groups in total. The van der Waals surface area contributed by atoms with Gasteiger partial charge in [0, 0.05) is 12.1 Å². The summed E-state index contributed by atoms with van der Waals surface area (Å²) in [6.45, 7) is 1.89. The van der Waals surface area contributed by atoms with Gasteiger partial charge in [-0.25, -0.2) is 0 Å². The molecule has 2 aromatic rings. The van der Waals surface area contributed by atoms with Gasteiger partial charge in [-0.05, 0) is 24.3 Å². The van der Waals surface area contributed by atoms with Crippen LogP contribution in [0.1, 0.15) is 34.2 Å². The summed E-state index contributed by atoms with van der Waals surface area (Å²) in [4.78, 5) is 12.1. The van der Waals surface area contributed by atoms with Crippen LogP contribution in [0.15, 0.2) is 34.9 Å². The number of benzene rings is 1. The molecule has 0 saturated heterocycles. The largest absolute Gasteiger partial charge is 0.469 e. The molecule has 5 nitrogen and oxygen atoms in total. The molecule has 1 amide bonds. The van der Waals surface area contributed by atoms with Gasteiger partial charge in [-0.3, -0.25) is 4.79 Å². The minimum absolute atomic E-state index is 0.230. The number of nitrogens with zero attached hydrogens (tertiary/aromatic N) is 2. The molecular weight excluding hydrogens is 254 g/mol. The molecule has 0 bridgehead atoms. The van der Waals surface area contributed by atoms with Gasteiger partial charge in [0.1, 0.15) is 17.9 Å². The fraction of sp³-hybridized carbons (Fsp3) is 0.133. The summed E-state index contributed by atoms with van der Waals surface area (Å²) < 4.78 is 5.20. The zero-order chi connectivity index (χ0) is 14.5. The van der Waals surface area contributed by atoms with Gasteiger partial charge < -0.3 is 9.73 Å². The third-order valence-electron chi connectivity index (χ3n) is 2.83. The highest BCUT2D eigenvalue weighted by atomic mass is 16.3. The Balaban J connectivity index is 2.25. The van der Waals surface area contributed by atoms with Gasteiger partial charge in [-0.2, -0.15) is 10.5 Å². The molecule has 5 heteroatoms. The van der Waals surface area contributed by atoms with Crippen molar-refractivity contribution >= 4 is 11.6 Å². The van der Waals surface area contributed by atoms with Gasteiger partial charge in [0.05, 0.1) is 23.0 Å². The van der Waals surface area contributed by atoms with E-state index in [1.165, 1.54) is 18.4 Å². The van der Waals surface area contributed by atoms with Crippen molar-refractivity contribution in [1.82, 2.24) is 0 Å². The first-order chi connectivity index (χ1) is 9.69. The lowest BCUT2D eigenvalue weighted by Crippen LogP contribution is -2.13. The van der Waals surface area contributed by atoms with Crippen LogP contribution in [-0.4, -0.2) is 5.91 Å². The lowest BCUT2D eigenvalue weighted by Gasteiger charge is -2.05. The van der Waals surface area contributed by atoms with Crippen molar-refractivity contribution in [2.75, 3.05) is 5.32 Å². The van der Waals surface area contributed by atoms with Gasteiger partial charge in [-0.15, -0.1) is 0 Å². The van der Waals surface area contributed by atoms with E-state index in [1.807, 2.05) is 19.1 Å². The van der Waals surface area contributed by atoms with Crippen molar-refractivity contribution in [3.05, 3.63) is 53.0 Å². The van der Waals surface area contributed by atoms with Crippen LogP contribution >= 0.6 is 0 Å². The quantitative estimate of drug-likeness (QED) is 0.923. The topological polar surface area (TPSA) is 89.8 Å². The first kappa shape index (κ1) is 13.4. The second-order valence-electron chi connectivity index (χ2n) is 4.05. The summed E-state index contributed by atoms with van der Waals surface area (Å²) in [5.74, 6) is 0.306. The Morgan fingerprint density at radius 3 is 2.65 bits per heavy atom. The first-order valence-electron chi connectivity index (χ1n) is 6.01. The minimum atomic E-state index is -0.302. The Labute approximate surface area is 116 Å². The molecule has 0 saturated carbocycles. The number of hydrogen-bond acceptors (Lipinski definition) is 4. The Kier molecular flexibility index (Phi) is 3.83. The summed E-state index contributed by atoms with van der Waals surface area (Å²) in [5, 5.41) is 20.5. The summed E-state index contributed by atoms with van der Waals surface area (Å²) in [7, 11) is 0. The number of carbonyl (C=O) groups is 1. The Bertz CT molecular complexity index is 732. The molecule has 0 radical (unpaired) electrons. The van der Waals surface area contributed by atoms with E-state index < -0.39 is 0 Å². The van der Waals surface area contributed by atoms with Crippen molar-refractivity contribution in [3.63, 3.8) is 0 Å². The maximum atomic E-state index is 12.1. The summed E-state index contributed by atoms with van der Waals surface area (Å²) in [5.41, 5.74) is 1.44. The SMILES string of the molecule is CCc1occc1C(=O)Nc1ccc(C#N)c(C#N)c1. The Morgan fingerprint density at radius 2 is 2.00 bits per heavy atom. The monoisotopic (exact) mass is 265 g/mol. The highest BCUT2D eigenvalue weighted by molar-refractivity contribution is 6.05. The average Bonchev–Trinajstić information content (AvgIpc) is 2.95. The number of amides is 1. The normalized spacial score (nSPS) is 9.55. The van der Waals surface area contributed by atoms with E-state index in [0.717, 1.165) is 0 Å². The third kappa shape index (κ3) is 2.52. The molecule has 0 fully saturated rings. The number of carbonyl (C=O) groups excluding carboxylic acids is 1. The summed E-state index contributed by atoms with van der Waals surface area (Å²) in [6.07, 6.45) is 2.08. The minimum Gasteiger partial charge on any atom is -0.469 e. The predicted molar refractivity (Wildman–Crippen MR) is 71.9 cm³/mol. The lowest BCUT2D eigenvalue weighted by atomic mass is 10.1. The molecule has 1 aromatic heterocycles. The average molecular weight is 265 g/mol. The summed E-state index contributed by atoms with van der Waals surface area (Å²) >= 11 is 0. The highest BCUT2D eigenvalue weighted by Crippen LogP contribution is 2.17. The zero-order valence-corrected chi connectivity index (χ0v) is 10.8. The molecule has 98 valence electrons. The van der Waals surface area contributed by atoms with E-state index >= 15 is 0 Å². The third-order valence-corrected chi connectivity index (χ3v) is 2.83. The predicted octanol–water partition coefficient (Wildman–Crippen LogP) is 2.84. The van der Waals surface area contributed by atoms with Crippen LogP contribution in [0.3, 0.4) is 0 Å². The first-order valence-corrected chi connectivity index (χ1v) is 6.01. The van der Waals surface area contributed by atoms with E-state index in [-0.39, 0.29) is 17.0 Å². The molecule has 0 aliphatic carbocycles. The molecule has 0 atom stereocenters. The van der Waals surface area contributed by atoms with Crippen molar-refractivity contribution < 1.29 is 9.21 Å². The van der Waals surface area contributed by atoms with Crippen molar-refractivity contribution in [3.8, 4) is 12.1 Å². The van der Waals surface area contributed by atoms with E-state index in [1.54, 1.807) is 12.1 Å². The molecule has 1 heterocycles. The number of nitriles is 2. The van der Waals surface area contributed by atoms with Crippen LogP contribution < -0.4 is 5.32 Å². The highest BCUT2D eigenvalue weighted by Gasteiger charge is 2.14. The van der Waals surface area contributed by atoms with E-state index in [2.05, 4.69) is 5.32 Å². The van der Waals surface area contributed by atoms with Gasteiger partial charge in [0.2, 0.25) is 0 Å². The van der Waals surface area contributed by atoms with Crippen LogP contribution in [0.5, 0.6) is 0 Å². The maximum absolute atomic E-state index is 12.1. The standard InChI is InChI=1S/C15H11N3O2/c1-2-14-13(5-6-20-14)15(19)18-12-4-3-10(8-16)11(7-12)9-17/h3-7H,2H2,1H3,(H,18,19). The molecule has 2 rings (SSSR count). The second-order valence-corrected chi connectivity index (χ2v) is 4.05. The van der Waals surface area contributed by atoms with E-state index in [4.69, 9.17) is 14.9 Å². The Morgan fingerprint density at radius 1 is 1.25 bits per heavy atom. The molecule has 0 aliphatic heterocycles. The number of furan rings is 1. The zero-order valence-electron chi connectivity index (χ0n) is 10.8. The van der Waals surface area contributed by atoms with Gasteiger partial charge in [0.25, 0.3) is 5.91 Å². The molecule has 0 unspecified atom stereocenters. The van der Waals surface area contributed by atoms with Crippen LogP contribution in [0.4, 0.5) is 5.69 Å². The number of aryl methyl sites for hydroxylation is 1. The number of nitrogens with one attached hydrogen (secondary N) is 1. The van der Waals surface area contributed by atoms with Gasteiger partial charge in [-0.1, -0.05) is 6.92 Å². The van der Waals surface area contributed by atoms with Gasteiger partial charge >= 0.3 is 0 Å². The van der Waals surface area contributed by atoms with E-state index in [0.29, 0.717) is 23.4 Å². The molecule has 20 heavy (non-hydrogen) atoms. The van der Waals surface area contributed by atoms with Crippen LogP contribution in [0, 0.1) is 22.7 Å². The van der Waals surface area contributed by atoms with Crippen molar-refractivity contribution in [2.45, 2.75) is 13.3 Å².